The summed E-state index contributed by atoms with van der Waals surface area (Å²) < 4.78 is 12.5. The predicted octanol–water partition coefficient (Wildman–Crippen LogP) is 3.09. The SMILES string of the molecule is CN1CCN(C2Cc3ccccc3C2)CC1.CNC=S.O=C(O)c1ccccc1F. The largest absolute Gasteiger partial charge is 0.478 e. The van der Waals surface area contributed by atoms with Crippen molar-refractivity contribution >= 4 is 23.7 Å². The number of piperazine rings is 1. The van der Waals surface area contributed by atoms with Crippen LogP contribution in [0, 0.1) is 5.82 Å². The lowest BCUT2D eigenvalue weighted by molar-refractivity contribution is 0.0692. The third kappa shape index (κ3) is 7.16. The number of nitrogens with zero attached hydrogens (tertiary/aromatic N) is 2. The Kier molecular flexibility index (Phi) is 9.86. The number of aromatic carboxylic acids is 1. The van der Waals surface area contributed by atoms with Gasteiger partial charge in [-0.15, -0.1) is 0 Å². The van der Waals surface area contributed by atoms with Crippen molar-refractivity contribution in [2.75, 3.05) is 40.3 Å². The summed E-state index contributed by atoms with van der Waals surface area (Å²) in [5.74, 6) is -1.94. The molecule has 1 heterocycles. The molecule has 30 heavy (non-hydrogen) atoms. The van der Waals surface area contributed by atoms with E-state index in [2.05, 4.69) is 58.6 Å². The van der Waals surface area contributed by atoms with Crippen LogP contribution in [0.15, 0.2) is 48.5 Å². The van der Waals surface area contributed by atoms with Gasteiger partial charge in [0.25, 0.3) is 0 Å². The first kappa shape index (κ1) is 23.9. The second-order valence-corrected chi connectivity index (χ2v) is 7.60. The summed E-state index contributed by atoms with van der Waals surface area (Å²) in [6, 6.07) is 15.0. The molecule has 0 radical (unpaired) electrons. The van der Waals surface area contributed by atoms with Crippen LogP contribution in [0.2, 0.25) is 0 Å². The molecular weight excluding hydrogens is 401 g/mol. The van der Waals surface area contributed by atoms with Gasteiger partial charge in [-0.2, -0.15) is 0 Å². The molecule has 2 aromatic carbocycles. The zero-order chi connectivity index (χ0) is 21.9. The van der Waals surface area contributed by atoms with E-state index in [1.165, 1.54) is 62.7 Å². The predicted molar refractivity (Wildman–Crippen MR) is 123 cm³/mol. The molecule has 2 N–H and O–H groups in total. The average Bonchev–Trinajstić information content (AvgIpc) is 3.19. The maximum absolute atomic E-state index is 12.5. The van der Waals surface area contributed by atoms with Gasteiger partial charge in [0.05, 0.1) is 11.1 Å². The van der Waals surface area contributed by atoms with Crippen molar-refractivity contribution in [2.24, 2.45) is 0 Å². The van der Waals surface area contributed by atoms with Gasteiger partial charge in [-0.05, 0) is 43.1 Å². The molecule has 162 valence electrons. The fourth-order valence-electron chi connectivity index (χ4n) is 3.62. The maximum Gasteiger partial charge on any atom is 0.338 e. The van der Waals surface area contributed by atoms with Crippen molar-refractivity contribution in [1.29, 1.82) is 0 Å². The van der Waals surface area contributed by atoms with Crippen LogP contribution in [-0.2, 0) is 12.8 Å². The Hall–Kier alpha value is -2.35. The van der Waals surface area contributed by atoms with E-state index in [-0.39, 0.29) is 5.56 Å². The molecule has 0 amide bonds. The molecule has 0 aromatic heterocycles. The fourth-order valence-corrected chi connectivity index (χ4v) is 3.62. The summed E-state index contributed by atoms with van der Waals surface area (Å²) in [4.78, 5) is 15.3. The summed E-state index contributed by atoms with van der Waals surface area (Å²) in [6.07, 6.45) is 2.53. The number of rotatable bonds is 3. The van der Waals surface area contributed by atoms with Crippen molar-refractivity contribution in [3.8, 4) is 0 Å². The normalized spacial score (nSPS) is 16.4. The Labute approximate surface area is 183 Å². The first-order chi connectivity index (χ1) is 14.5. The molecule has 0 atom stereocenters. The minimum Gasteiger partial charge on any atom is -0.478 e. The Morgan fingerprint density at radius 2 is 1.57 bits per heavy atom. The second-order valence-electron chi connectivity index (χ2n) is 7.36. The van der Waals surface area contributed by atoms with Gasteiger partial charge >= 0.3 is 5.97 Å². The first-order valence-corrected chi connectivity index (χ1v) is 10.5. The molecule has 2 aromatic rings. The van der Waals surface area contributed by atoms with Gasteiger partial charge in [-0.25, -0.2) is 9.18 Å². The molecule has 1 fully saturated rings. The summed E-state index contributed by atoms with van der Waals surface area (Å²) >= 11 is 4.32. The number of hydrogen-bond acceptors (Lipinski definition) is 4. The van der Waals surface area contributed by atoms with Gasteiger partial charge < -0.3 is 15.3 Å². The molecule has 5 nitrogen and oxygen atoms in total. The van der Waals surface area contributed by atoms with Gasteiger partial charge in [-0.1, -0.05) is 48.6 Å². The number of thiocarbonyl (C=S) groups is 1. The average molecular weight is 432 g/mol. The molecule has 1 saturated heterocycles. The molecule has 0 spiro atoms. The number of benzene rings is 2. The molecule has 1 aliphatic carbocycles. The minimum atomic E-state index is -1.24. The molecule has 7 heteroatoms. The highest BCUT2D eigenvalue weighted by Crippen LogP contribution is 2.25. The highest BCUT2D eigenvalue weighted by molar-refractivity contribution is 7.78. The van der Waals surface area contributed by atoms with Gasteiger partial charge in [0.15, 0.2) is 0 Å². The third-order valence-corrected chi connectivity index (χ3v) is 5.54. The lowest BCUT2D eigenvalue weighted by Crippen LogP contribution is -2.49. The summed E-state index contributed by atoms with van der Waals surface area (Å²) in [5, 5.41) is 10.9. The van der Waals surface area contributed by atoms with Crippen LogP contribution in [0.4, 0.5) is 4.39 Å². The minimum absolute atomic E-state index is 0.289. The highest BCUT2D eigenvalue weighted by Gasteiger charge is 2.28. The number of carboxylic acid groups (broad SMARTS) is 1. The summed E-state index contributed by atoms with van der Waals surface area (Å²) in [6.45, 7) is 4.95. The van der Waals surface area contributed by atoms with E-state index < -0.39 is 11.8 Å². The van der Waals surface area contributed by atoms with Crippen LogP contribution in [0.1, 0.15) is 21.5 Å². The van der Waals surface area contributed by atoms with Crippen molar-refractivity contribution in [1.82, 2.24) is 15.1 Å². The highest BCUT2D eigenvalue weighted by atomic mass is 32.1. The molecule has 4 rings (SSSR count). The lowest BCUT2D eigenvalue weighted by Gasteiger charge is -2.36. The van der Waals surface area contributed by atoms with E-state index in [1.807, 2.05) is 0 Å². The van der Waals surface area contributed by atoms with Crippen molar-refractivity contribution in [3.63, 3.8) is 0 Å². The van der Waals surface area contributed by atoms with Crippen molar-refractivity contribution < 1.29 is 14.3 Å². The lowest BCUT2D eigenvalue weighted by atomic mass is 10.1. The topological polar surface area (TPSA) is 55.8 Å². The van der Waals surface area contributed by atoms with Crippen molar-refractivity contribution in [3.05, 3.63) is 71.0 Å². The number of hydrogen-bond donors (Lipinski definition) is 2. The second kappa shape index (κ2) is 12.4. The van der Waals surface area contributed by atoms with E-state index in [4.69, 9.17) is 5.11 Å². The Balaban J connectivity index is 0.000000196. The summed E-state index contributed by atoms with van der Waals surface area (Å²) in [5.41, 5.74) is 4.32. The van der Waals surface area contributed by atoms with Crippen LogP contribution >= 0.6 is 12.2 Å². The first-order valence-electron chi connectivity index (χ1n) is 10.0. The Bertz CT molecular complexity index is 801. The van der Waals surface area contributed by atoms with E-state index in [9.17, 15) is 9.18 Å². The van der Waals surface area contributed by atoms with Gasteiger partial charge in [0, 0.05) is 39.3 Å². The fraction of sp³-hybridized carbons (Fsp3) is 0.391. The molecule has 1 aliphatic heterocycles. The van der Waals surface area contributed by atoms with E-state index >= 15 is 0 Å². The third-order valence-electron chi connectivity index (χ3n) is 5.31. The zero-order valence-corrected chi connectivity index (χ0v) is 18.4. The van der Waals surface area contributed by atoms with E-state index in [0.29, 0.717) is 0 Å². The van der Waals surface area contributed by atoms with Crippen LogP contribution in [-0.4, -0.2) is 72.7 Å². The monoisotopic (exact) mass is 431 g/mol. The standard InChI is InChI=1S/C14H20N2.C7H5FO2.C2H5NS/c1-15-6-8-16(9-7-15)14-10-12-4-2-3-5-13(12)11-14;8-6-4-2-1-3-5(6)7(9)10;1-3-2-4/h2-5,14H,6-11H2,1H3;1-4H,(H,9,10);2H,1H3,(H,3,4). The van der Waals surface area contributed by atoms with Gasteiger partial charge in [-0.3, -0.25) is 4.90 Å². The number of carboxylic acids is 1. The van der Waals surface area contributed by atoms with Crippen LogP contribution in [0.3, 0.4) is 0 Å². The molecule has 0 saturated carbocycles. The maximum atomic E-state index is 12.5. The number of fused-ring (bicyclic) bond motifs is 1. The van der Waals surface area contributed by atoms with Crippen molar-refractivity contribution in [2.45, 2.75) is 18.9 Å². The number of likely N-dealkylation sites (N-methyl/N-ethyl adjacent to an activating group) is 1. The number of nitrogens with one attached hydrogen (secondary N) is 1. The Morgan fingerprint density at radius 1 is 1.07 bits per heavy atom. The smallest absolute Gasteiger partial charge is 0.338 e. The number of carbonyl (C=O) groups is 1. The summed E-state index contributed by atoms with van der Waals surface area (Å²) in [7, 11) is 3.99. The van der Waals surface area contributed by atoms with Gasteiger partial charge in [0.2, 0.25) is 0 Å². The van der Waals surface area contributed by atoms with Crippen LogP contribution in [0.5, 0.6) is 0 Å². The Morgan fingerprint density at radius 3 is 2.00 bits per heavy atom. The molecule has 0 unspecified atom stereocenters. The molecule has 2 aliphatic rings. The quantitative estimate of drug-likeness (QED) is 0.729. The zero-order valence-electron chi connectivity index (χ0n) is 17.6. The number of halogens is 1. The van der Waals surface area contributed by atoms with E-state index in [1.54, 1.807) is 18.2 Å². The molecular formula is C23H30FN3O2S. The van der Waals surface area contributed by atoms with Crippen LogP contribution in [0.25, 0.3) is 0 Å². The van der Waals surface area contributed by atoms with Gasteiger partial charge in [0.1, 0.15) is 5.82 Å². The van der Waals surface area contributed by atoms with Crippen LogP contribution < -0.4 is 5.32 Å². The molecule has 0 bridgehead atoms. The van der Waals surface area contributed by atoms with E-state index in [0.717, 1.165) is 12.1 Å².